The zero-order chi connectivity index (χ0) is 23.1. The van der Waals surface area contributed by atoms with E-state index in [1.807, 2.05) is 36.6 Å². The third-order valence-corrected chi connectivity index (χ3v) is 6.21. The number of benzene rings is 3. The predicted octanol–water partition coefficient (Wildman–Crippen LogP) is 5.01. The summed E-state index contributed by atoms with van der Waals surface area (Å²) < 4.78 is 5.28. The van der Waals surface area contributed by atoms with Gasteiger partial charge in [-0.15, -0.1) is 0 Å². The van der Waals surface area contributed by atoms with Gasteiger partial charge < -0.3 is 15.0 Å². The summed E-state index contributed by atoms with van der Waals surface area (Å²) in [6, 6.07) is 18.2. The lowest BCUT2D eigenvalue weighted by atomic mass is 10.1. The lowest BCUT2D eigenvalue weighted by molar-refractivity contribution is -0.132. The fraction of sp³-hybridized carbons (Fsp3) is 0.280. The van der Waals surface area contributed by atoms with Crippen molar-refractivity contribution in [1.82, 2.24) is 10.2 Å². The zero-order valence-electron chi connectivity index (χ0n) is 18.4. The van der Waals surface area contributed by atoms with Crippen LogP contribution in [0.3, 0.4) is 0 Å². The number of carbonyl (C=O) groups is 2. The Kier molecular flexibility index (Phi) is 8.42. The van der Waals surface area contributed by atoms with Gasteiger partial charge in [0.1, 0.15) is 11.8 Å². The molecule has 7 heteroatoms. The third-order valence-electron chi connectivity index (χ3n) is 5.24. The van der Waals surface area contributed by atoms with E-state index in [0.717, 1.165) is 27.8 Å². The smallest absolute Gasteiger partial charge is 0.253 e. The Labute approximate surface area is 198 Å². The quantitative estimate of drug-likeness (QED) is 0.477. The van der Waals surface area contributed by atoms with Gasteiger partial charge in [-0.05, 0) is 65.1 Å². The Bertz CT molecular complexity index is 1110. The maximum Gasteiger partial charge on any atom is 0.253 e. The highest BCUT2D eigenvalue weighted by molar-refractivity contribution is 7.98. The van der Waals surface area contributed by atoms with Gasteiger partial charge in [0.2, 0.25) is 5.91 Å². The number of hydrogen-bond acceptors (Lipinski definition) is 4. The number of rotatable bonds is 9. The number of halogens is 1. The first-order valence-electron chi connectivity index (χ1n) is 10.3. The second-order valence-electron chi connectivity index (χ2n) is 7.53. The van der Waals surface area contributed by atoms with E-state index in [1.165, 1.54) is 0 Å². The third kappa shape index (κ3) is 5.96. The van der Waals surface area contributed by atoms with Crippen LogP contribution in [0.25, 0.3) is 10.8 Å². The van der Waals surface area contributed by atoms with Gasteiger partial charge >= 0.3 is 0 Å². The van der Waals surface area contributed by atoms with Crippen LogP contribution < -0.4 is 10.1 Å². The highest BCUT2D eigenvalue weighted by atomic mass is 35.5. The van der Waals surface area contributed by atoms with Crippen molar-refractivity contribution in [1.29, 1.82) is 0 Å². The minimum absolute atomic E-state index is 0.130. The average Bonchev–Trinajstić information content (AvgIpc) is 2.81. The van der Waals surface area contributed by atoms with Crippen molar-refractivity contribution in [3.63, 3.8) is 0 Å². The first kappa shape index (κ1) is 24.0. The summed E-state index contributed by atoms with van der Waals surface area (Å²) in [7, 11) is 3.41. The molecule has 0 heterocycles. The molecule has 0 saturated heterocycles. The molecule has 0 aromatic heterocycles. The van der Waals surface area contributed by atoms with Gasteiger partial charge in [0.15, 0.2) is 0 Å². The van der Waals surface area contributed by atoms with Crippen LogP contribution in [0.15, 0.2) is 60.7 Å². The first-order chi connectivity index (χ1) is 15.4. The van der Waals surface area contributed by atoms with E-state index in [2.05, 4.69) is 11.4 Å². The van der Waals surface area contributed by atoms with Gasteiger partial charge in [-0.3, -0.25) is 9.59 Å². The molecule has 0 aliphatic carbocycles. The van der Waals surface area contributed by atoms with Crippen molar-refractivity contribution in [3.05, 3.63) is 76.8 Å². The molecule has 1 N–H and O–H groups in total. The van der Waals surface area contributed by atoms with E-state index in [-0.39, 0.29) is 11.8 Å². The lowest BCUT2D eigenvalue weighted by Gasteiger charge is -2.25. The van der Waals surface area contributed by atoms with Crippen LogP contribution in [0.2, 0.25) is 5.02 Å². The second kappa shape index (κ2) is 11.2. The number of ether oxygens (including phenoxy) is 1. The van der Waals surface area contributed by atoms with Gasteiger partial charge in [-0.25, -0.2) is 0 Å². The summed E-state index contributed by atoms with van der Waals surface area (Å²) in [4.78, 5) is 27.6. The van der Waals surface area contributed by atoms with Crippen molar-refractivity contribution in [3.8, 4) is 5.75 Å². The molecule has 0 saturated carbocycles. The monoisotopic (exact) mass is 470 g/mol. The number of nitrogens with one attached hydrogen (secondary N) is 1. The molecule has 3 rings (SSSR count). The second-order valence-corrected chi connectivity index (χ2v) is 8.92. The molecule has 0 fully saturated rings. The molecule has 0 aliphatic rings. The van der Waals surface area contributed by atoms with Crippen LogP contribution in [-0.4, -0.2) is 48.9 Å². The normalized spacial score (nSPS) is 11.8. The summed E-state index contributed by atoms with van der Waals surface area (Å²) >= 11 is 7.79. The van der Waals surface area contributed by atoms with E-state index in [1.54, 1.807) is 55.1 Å². The molecule has 32 heavy (non-hydrogen) atoms. The predicted molar refractivity (Wildman–Crippen MR) is 133 cm³/mol. The Morgan fingerprint density at radius 2 is 1.81 bits per heavy atom. The molecule has 3 aromatic rings. The van der Waals surface area contributed by atoms with Crippen LogP contribution >= 0.6 is 23.4 Å². The average molecular weight is 471 g/mol. The summed E-state index contributed by atoms with van der Waals surface area (Å²) in [6.45, 7) is 0.443. The zero-order valence-corrected chi connectivity index (χ0v) is 20.0. The largest absolute Gasteiger partial charge is 0.497 e. The summed E-state index contributed by atoms with van der Waals surface area (Å²) in [5.41, 5.74) is 1.38. The van der Waals surface area contributed by atoms with Gasteiger partial charge in [0.05, 0.1) is 17.7 Å². The molecule has 168 valence electrons. The molecule has 2 amide bonds. The Balaban J connectivity index is 1.73. The van der Waals surface area contributed by atoms with E-state index in [9.17, 15) is 9.59 Å². The van der Waals surface area contributed by atoms with Crippen molar-refractivity contribution in [2.75, 3.05) is 26.2 Å². The molecular formula is C25H27ClN2O3S. The molecule has 5 nitrogen and oxygen atoms in total. The fourth-order valence-electron chi connectivity index (χ4n) is 3.49. The van der Waals surface area contributed by atoms with Gasteiger partial charge in [-0.1, -0.05) is 41.9 Å². The summed E-state index contributed by atoms with van der Waals surface area (Å²) in [6.07, 6.45) is 2.52. The summed E-state index contributed by atoms with van der Waals surface area (Å²) in [5, 5.41) is 5.39. The van der Waals surface area contributed by atoms with Gasteiger partial charge in [-0.2, -0.15) is 11.8 Å². The SMILES string of the molecule is COc1ccc2cc(CN(C)C(=O)C(CCSC)NC(=O)c3ccccc3Cl)ccc2c1. The minimum atomic E-state index is -0.624. The summed E-state index contributed by atoms with van der Waals surface area (Å²) in [5.74, 6) is 1.09. The van der Waals surface area contributed by atoms with Crippen LogP contribution in [-0.2, 0) is 11.3 Å². The van der Waals surface area contributed by atoms with Crippen molar-refractivity contribution in [2.45, 2.75) is 19.0 Å². The molecular weight excluding hydrogens is 444 g/mol. The molecule has 1 unspecified atom stereocenters. The Morgan fingerprint density at radius 1 is 1.09 bits per heavy atom. The van der Waals surface area contributed by atoms with E-state index >= 15 is 0 Å². The van der Waals surface area contributed by atoms with Crippen LogP contribution in [0, 0.1) is 0 Å². The maximum atomic E-state index is 13.2. The molecule has 1 atom stereocenters. The topological polar surface area (TPSA) is 58.6 Å². The number of methoxy groups -OCH3 is 1. The maximum absolute atomic E-state index is 13.2. The standard InChI is InChI=1S/C25H27ClN2O3S/c1-28(16-17-8-9-19-15-20(31-2)11-10-18(19)14-17)25(30)23(12-13-32-3)27-24(29)21-6-4-5-7-22(21)26/h4-11,14-15,23H,12-13,16H2,1-3H3,(H,27,29). The number of fused-ring (bicyclic) bond motifs is 1. The first-order valence-corrected chi connectivity index (χ1v) is 12.1. The molecule has 0 bridgehead atoms. The Hall–Kier alpha value is -2.70. The Morgan fingerprint density at radius 3 is 2.53 bits per heavy atom. The van der Waals surface area contributed by atoms with E-state index < -0.39 is 6.04 Å². The van der Waals surface area contributed by atoms with Crippen LogP contribution in [0.5, 0.6) is 5.75 Å². The molecule has 3 aromatic carbocycles. The van der Waals surface area contributed by atoms with Crippen molar-refractivity contribution in [2.24, 2.45) is 0 Å². The lowest BCUT2D eigenvalue weighted by Crippen LogP contribution is -2.47. The van der Waals surface area contributed by atoms with Crippen LogP contribution in [0.1, 0.15) is 22.3 Å². The fourth-order valence-corrected chi connectivity index (χ4v) is 4.18. The van der Waals surface area contributed by atoms with Crippen molar-refractivity contribution < 1.29 is 14.3 Å². The number of hydrogen-bond donors (Lipinski definition) is 1. The number of likely N-dealkylation sites (N-methyl/N-ethyl adjacent to an activating group) is 1. The number of amides is 2. The van der Waals surface area contributed by atoms with E-state index in [4.69, 9.17) is 16.3 Å². The van der Waals surface area contributed by atoms with E-state index in [0.29, 0.717) is 23.6 Å². The van der Waals surface area contributed by atoms with Crippen molar-refractivity contribution >= 4 is 45.9 Å². The molecule has 0 aliphatic heterocycles. The number of carbonyl (C=O) groups excluding carboxylic acids is 2. The number of thioether (sulfide) groups is 1. The highest BCUT2D eigenvalue weighted by Gasteiger charge is 2.25. The molecule has 0 spiro atoms. The highest BCUT2D eigenvalue weighted by Crippen LogP contribution is 2.22. The van der Waals surface area contributed by atoms with Gasteiger partial charge in [0.25, 0.3) is 5.91 Å². The minimum Gasteiger partial charge on any atom is -0.497 e. The van der Waals surface area contributed by atoms with Gasteiger partial charge in [0, 0.05) is 13.6 Å². The molecule has 0 radical (unpaired) electrons. The van der Waals surface area contributed by atoms with Crippen LogP contribution in [0.4, 0.5) is 0 Å². The number of nitrogens with zero attached hydrogens (tertiary/aromatic N) is 1.